The van der Waals surface area contributed by atoms with E-state index in [4.69, 9.17) is 42.1 Å². The predicted molar refractivity (Wildman–Crippen MR) is 129 cm³/mol. The lowest BCUT2D eigenvalue weighted by Gasteiger charge is -2.19. The van der Waals surface area contributed by atoms with Gasteiger partial charge in [0.25, 0.3) is 0 Å². The van der Waals surface area contributed by atoms with Gasteiger partial charge in [-0.2, -0.15) is 0 Å². The number of hydrogen-bond acceptors (Lipinski definition) is 8. The van der Waals surface area contributed by atoms with Crippen LogP contribution in [0.3, 0.4) is 0 Å². The molecule has 9 nitrogen and oxygen atoms in total. The molecule has 4 rings (SSSR count). The van der Waals surface area contributed by atoms with Crippen molar-refractivity contribution in [2.45, 2.75) is 31.8 Å². The minimum atomic E-state index is -0.772. The van der Waals surface area contributed by atoms with Gasteiger partial charge in [-0.15, -0.1) is 0 Å². The predicted octanol–water partition coefficient (Wildman–Crippen LogP) is 4.66. The highest BCUT2D eigenvalue weighted by atomic mass is 35.5. The topological polar surface area (TPSA) is 106 Å². The van der Waals surface area contributed by atoms with Gasteiger partial charge in [-0.05, 0) is 55.5 Å². The van der Waals surface area contributed by atoms with Crippen LogP contribution in [0.2, 0.25) is 10.0 Å². The summed E-state index contributed by atoms with van der Waals surface area (Å²) in [5, 5.41) is 0.976. The van der Waals surface area contributed by atoms with Crippen molar-refractivity contribution in [1.29, 1.82) is 0 Å². The minimum absolute atomic E-state index is 0.147. The molecule has 188 valence electrons. The van der Waals surface area contributed by atoms with Crippen molar-refractivity contribution in [3.8, 4) is 0 Å². The Hall–Kier alpha value is -3.40. The second kappa shape index (κ2) is 11.1. The summed E-state index contributed by atoms with van der Waals surface area (Å²) in [4.78, 5) is 41.4. The monoisotopic (exact) mass is 532 g/mol. The number of imidazole rings is 1. The summed E-state index contributed by atoms with van der Waals surface area (Å²) in [5.74, 6) is -1.73. The van der Waals surface area contributed by atoms with Crippen LogP contribution < -0.4 is 0 Å². The van der Waals surface area contributed by atoms with Crippen LogP contribution in [0.4, 0.5) is 0 Å². The van der Waals surface area contributed by atoms with E-state index in [1.54, 1.807) is 60.0 Å². The fourth-order valence-electron chi connectivity index (χ4n) is 3.77. The maximum absolute atomic E-state index is 12.8. The first-order chi connectivity index (χ1) is 17.3. The molecule has 2 heterocycles. The number of esters is 3. The van der Waals surface area contributed by atoms with Crippen LogP contribution in [0.5, 0.6) is 0 Å². The molecule has 0 saturated carbocycles. The Bertz CT molecular complexity index is 1260. The number of ether oxygens (including phenoxy) is 4. The summed E-state index contributed by atoms with van der Waals surface area (Å²) < 4.78 is 23.7. The maximum atomic E-state index is 12.8. The zero-order chi connectivity index (χ0) is 25.8. The normalized spacial score (nSPS) is 19.1. The number of halogens is 2. The van der Waals surface area contributed by atoms with Gasteiger partial charge in [0.2, 0.25) is 0 Å². The zero-order valence-corrected chi connectivity index (χ0v) is 20.9. The molecule has 0 bridgehead atoms. The maximum Gasteiger partial charge on any atom is 0.358 e. The van der Waals surface area contributed by atoms with Crippen molar-refractivity contribution in [3.63, 3.8) is 0 Å². The van der Waals surface area contributed by atoms with Crippen molar-refractivity contribution < 1.29 is 33.3 Å². The third-order valence-corrected chi connectivity index (χ3v) is 6.21. The average Bonchev–Trinajstić information content (AvgIpc) is 3.45. The van der Waals surface area contributed by atoms with Crippen LogP contribution in [0.15, 0.2) is 54.9 Å². The molecule has 36 heavy (non-hydrogen) atoms. The second-order valence-electron chi connectivity index (χ2n) is 8.00. The summed E-state index contributed by atoms with van der Waals surface area (Å²) in [6, 6.07) is 12.5. The molecule has 1 aromatic heterocycles. The summed E-state index contributed by atoms with van der Waals surface area (Å²) >= 11 is 11.8. The number of nitrogens with zero attached hydrogens (tertiary/aromatic N) is 2. The Labute approximate surface area is 216 Å². The Balaban J connectivity index is 1.51. The molecular weight excluding hydrogens is 511 g/mol. The van der Waals surface area contributed by atoms with Crippen LogP contribution in [0.25, 0.3) is 0 Å². The molecule has 1 aliphatic heterocycles. The van der Waals surface area contributed by atoms with Crippen molar-refractivity contribution in [3.05, 3.63) is 87.4 Å². The van der Waals surface area contributed by atoms with Gasteiger partial charge in [0.1, 0.15) is 25.0 Å². The van der Waals surface area contributed by atoms with E-state index in [1.165, 1.54) is 13.4 Å². The first kappa shape index (κ1) is 25.7. The Kier molecular flexibility index (Phi) is 7.93. The van der Waals surface area contributed by atoms with Gasteiger partial charge in [0.15, 0.2) is 5.69 Å². The molecule has 0 amide bonds. The van der Waals surface area contributed by atoms with Gasteiger partial charge < -0.3 is 23.5 Å². The molecule has 0 spiro atoms. The van der Waals surface area contributed by atoms with E-state index in [0.29, 0.717) is 26.9 Å². The van der Waals surface area contributed by atoms with Crippen LogP contribution in [0.1, 0.15) is 49.5 Å². The highest BCUT2D eigenvalue weighted by molar-refractivity contribution is 6.31. The fraction of sp³-hybridized carbons (Fsp3) is 0.280. The Morgan fingerprint density at radius 3 is 2.14 bits per heavy atom. The van der Waals surface area contributed by atoms with E-state index in [-0.39, 0.29) is 18.7 Å². The van der Waals surface area contributed by atoms with Crippen LogP contribution in [0, 0.1) is 6.92 Å². The molecule has 1 fully saturated rings. The van der Waals surface area contributed by atoms with Gasteiger partial charge in [0, 0.05) is 16.5 Å². The molecule has 3 aromatic rings. The van der Waals surface area contributed by atoms with Gasteiger partial charge in [-0.1, -0.05) is 23.2 Å². The number of benzene rings is 2. The van der Waals surface area contributed by atoms with Gasteiger partial charge >= 0.3 is 17.9 Å². The number of aromatic nitrogens is 2. The van der Waals surface area contributed by atoms with Crippen molar-refractivity contribution in [2.24, 2.45) is 0 Å². The molecule has 0 N–H and O–H groups in total. The first-order valence-corrected chi connectivity index (χ1v) is 11.7. The summed E-state index contributed by atoms with van der Waals surface area (Å²) in [6.07, 6.45) is -0.462. The minimum Gasteiger partial charge on any atom is -0.464 e. The standard InChI is InChI=1S/C25H22Cl2N2O7/c1-14-22(25(32)33-2)28-13-29(14)21-11-19(36-24(31)16-5-9-18(27)10-6-16)20(35-21)12-34-23(30)15-3-7-17(26)8-4-15/h3-10,13,19-21H,11-12H2,1-2H3/t19-,20+,21+/m0/s1. The Morgan fingerprint density at radius 1 is 0.972 bits per heavy atom. The Morgan fingerprint density at radius 2 is 1.56 bits per heavy atom. The third kappa shape index (κ3) is 5.70. The lowest BCUT2D eigenvalue weighted by molar-refractivity contribution is -0.0575. The molecule has 0 aliphatic carbocycles. The van der Waals surface area contributed by atoms with Crippen molar-refractivity contribution >= 4 is 41.1 Å². The highest BCUT2D eigenvalue weighted by Gasteiger charge is 2.41. The van der Waals surface area contributed by atoms with E-state index in [9.17, 15) is 14.4 Å². The molecule has 0 unspecified atom stereocenters. The van der Waals surface area contributed by atoms with Crippen LogP contribution in [-0.4, -0.2) is 53.4 Å². The number of carbonyl (C=O) groups is 3. The molecule has 1 saturated heterocycles. The van der Waals surface area contributed by atoms with Gasteiger partial charge in [-0.3, -0.25) is 0 Å². The van der Waals surface area contributed by atoms with E-state index >= 15 is 0 Å². The van der Waals surface area contributed by atoms with Crippen LogP contribution in [-0.2, 0) is 18.9 Å². The van der Waals surface area contributed by atoms with E-state index in [0.717, 1.165) is 0 Å². The SMILES string of the molecule is COC(=O)c1ncn([C@H]2C[C@H](OC(=O)c3ccc(Cl)cc3)[C@@H](COC(=O)c3ccc(Cl)cc3)O2)c1C. The molecular formula is C25H22Cl2N2O7. The summed E-state index contributed by atoms with van der Waals surface area (Å²) in [7, 11) is 1.27. The lowest BCUT2D eigenvalue weighted by Crippen LogP contribution is -2.32. The number of hydrogen-bond donors (Lipinski definition) is 0. The second-order valence-corrected chi connectivity index (χ2v) is 8.87. The molecule has 1 aliphatic rings. The van der Waals surface area contributed by atoms with Gasteiger partial charge in [-0.25, -0.2) is 19.4 Å². The van der Waals surface area contributed by atoms with Crippen molar-refractivity contribution in [2.75, 3.05) is 13.7 Å². The highest BCUT2D eigenvalue weighted by Crippen LogP contribution is 2.33. The number of carbonyl (C=O) groups excluding carboxylic acids is 3. The first-order valence-electron chi connectivity index (χ1n) is 10.9. The molecule has 3 atom stereocenters. The number of methoxy groups -OCH3 is 1. The largest absolute Gasteiger partial charge is 0.464 e. The fourth-order valence-corrected chi connectivity index (χ4v) is 4.03. The van der Waals surface area contributed by atoms with Gasteiger partial charge in [0.05, 0.1) is 30.3 Å². The van der Waals surface area contributed by atoms with E-state index in [2.05, 4.69) is 4.98 Å². The average molecular weight is 533 g/mol. The van der Waals surface area contributed by atoms with E-state index in [1.807, 2.05) is 0 Å². The summed E-state index contributed by atoms with van der Waals surface area (Å²) in [5.41, 5.74) is 1.30. The number of rotatable bonds is 7. The smallest absolute Gasteiger partial charge is 0.358 e. The molecule has 2 aromatic carbocycles. The quantitative estimate of drug-likeness (QED) is 0.319. The summed E-state index contributed by atoms with van der Waals surface area (Å²) in [6.45, 7) is 1.53. The van der Waals surface area contributed by atoms with E-state index < -0.39 is 36.3 Å². The third-order valence-electron chi connectivity index (χ3n) is 5.71. The van der Waals surface area contributed by atoms with Crippen molar-refractivity contribution in [1.82, 2.24) is 9.55 Å². The lowest BCUT2D eigenvalue weighted by atomic mass is 10.1. The van der Waals surface area contributed by atoms with Crippen LogP contribution >= 0.6 is 23.2 Å². The zero-order valence-electron chi connectivity index (χ0n) is 19.4. The molecule has 11 heteroatoms. The molecule has 0 radical (unpaired) electrons.